The maximum atomic E-state index is 14.4. The van der Waals surface area contributed by atoms with Crippen LogP contribution < -0.4 is 24.8 Å². The second kappa shape index (κ2) is 14.5. The summed E-state index contributed by atoms with van der Waals surface area (Å²) in [6.07, 6.45) is 6.58. The van der Waals surface area contributed by atoms with Crippen LogP contribution >= 0.6 is 11.8 Å². The molecule has 3 fully saturated rings. The molecule has 2 aromatic rings. The van der Waals surface area contributed by atoms with Gasteiger partial charge in [-0.1, -0.05) is 12.2 Å². The lowest BCUT2D eigenvalue weighted by atomic mass is 10.1. The van der Waals surface area contributed by atoms with Crippen molar-refractivity contribution in [3.05, 3.63) is 42.6 Å². The van der Waals surface area contributed by atoms with E-state index in [0.29, 0.717) is 42.0 Å². The first kappa shape index (κ1) is 36.7. The van der Waals surface area contributed by atoms with Crippen LogP contribution in [0.1, 0.15) is 59.3 Å². The van der Waals surface area contributed by atoms with Gasteiger partial charge in [0.1, 0.15) is 35.1 Å². The number of pyridine rings is 1. The molecule has 1 saturated heterocycles. The van der Waals surface area contributed by atoms with E-state index >= 15 is 0 Å². The van der Waals surface area contributed by atoms with Crippen LogP contribution in [0.4, 0.5) is 4.79 Å². The molecule has 0 radical (unpaired) electrons. The molecule has 16 heteroatoms. The average Bonchev–Trinajstić information content (AvgIpc) is 3.99. The van der Waals surface area contributed by atoms with E-state index in [0.717, 1.165) is 11.8 Å². The van der Waals surface area contributed by atoms with Crippen molar-refractivity contribution in [2.45, 2.75) is 93.9 Å². The third-order valence-corrected chi connectivity index (χ3v) is 12.3. The number of rotatable bonds is 7. The van der Waals surface area contributed by atoms with Gasteiger partial charge in [0, 0.05) is 29.7 Å². The predicted molar refractivity (Wildman–Crippen MR) is 191 cm³/mol. The maximum absolute atomic E-state index is 14.4. The Morgan fingerprint density at radius 1 is 1.16 bits per heavy atom. The van der Waals surface area contributed by atoms with E-state index in [4.69, 9.17) is 14.2 Å². The number of nitrogens with one attached hydrogen (secondary N) is 3. The Labute approximate surface area is 301 Å². The summed E-state index contributed by atoms with van der Waals surface area (Å²) >= 11 is 1.50. The van der Waals surface area contributed by atoms with Gasteiger partial charge in [-0.05, 0) is 88.3 Å². The zero-order valence-electron chi connectivity index (χ0n) is 29.2. The van der Waals surface area contributed by atoms with Crippen LogP contribution in [-0.4, -0.2) is 102 Å². The third kappa shape index (κ3) is 8.54. The molecule has 276 valence electrons. The van der Waals surface area contributed by atoms with E-state index in [1.54, 1.807) is 40.1 Å². The zero-order valence-corrected chi connectivity index (χ0v) is 30.8. The smallest absolute Gasteiger partial charge is 0.408 e. The summed E-state index contributed by atoms with van der Waals surface area (Å²) in [4.78, 5) is 61.0. The third-order valence-electron chi connectivity index (χ3n) is 9.33. The van der Waals surface area contributed by atoms with Crippen molar-refractivity contribution in [3.63, 3.8) is 0 Å². The Balaban J connectivity index is 1.30. The molecule has 1 aromatic carbocycles. The normalized spacial score (nSPS) is 27.3. The molecule has 3 heterocycles. The number of alkyl carbamates (subject to hydrolysis) is 1. The molecule has 51 heavy (non-hydrogen) atoms. The van der Waals surface area contributed by atoms with E-state index < -0.39 is 74.3 Å². The molecule has 3 N–H and O–H groups in total. The molecule has 2 aliphatic carbocycles. The van der Waals surface area contributed by atoms with E-state index in [1.807, 2.05) is 30.4 Å². The second-order valence-electron chi connectivity index (χ2n) is 14.5. The molecule has 1 aromatic heterocycles. The van der Waals surface area contributed by atoms with Gasteiger partial charge in [-0.2, -0.15) is 11.8 Å². The fourth-order valence-electron chi connectivity index (χ4n) is 6.44. The molecule has 14 nitrogen and oxygen atoms in total. The minimum atomic E-state index is -3.88. The number of hydrogen-bond donors (Lipinski definition) is 3. The first-order valence-corrected chi connectivity index (χ1v) is 19.9. The van der Waals surface area contributed by atoms with Crippen LogP contribution in [0.3, 0.4) is 0 Å². The number of sulfonamides is 1. The first-order valence-electron chi connectivity index (χ1n) is 17.2. The number of carbonyl (C=O) groups is 4. The highest BCUT2D eigenvalue weighted by Crippen LogP contribution is 2.46. The Kier molecular flexibility index (Phi) is 10.5. The van der Waals surface area contributed by atoms with Crippen molar-refractivity contribution in [2.75, 3.05) is 25.2 Å². The molecule has 6 rings (SSSR count). The number of aromatic nitrogens is 1. The van der Waals surface area contributed by atoms with E-state index in [2.05, 4.69) is 20.3 Å². The van der Waals surface area contributed by atoms with E-state index in [1.165, 1.54) is 16.7 Å². The lowest BCUT2D eigenvalue weighted by Gasteiger charge is -2.30. The van der Waals surface area contributed by atoms with Crippen LogP contribution in [0.15, 0.2) is 42.6 Å². The fourth-order valence-corrected chi connectivity index (χ4v) is 8.80. The highest BCUT2D eigenvalue weighted by molar-refractivity contribution is 7.99. The van der Waals surface area contributed by atoms with E-state index in [9.17, 15) is 27.6 Å². The topological polar surface area (TPSA) is 182 Å². The van der Waals surface area contributed by atoms with Gasteiger partial charge < -0.3 is 29.7 Å². The lowest BCUT2D eigenvalue weighted by molar-refractivity contribution is -0.140. The maximum Gasteiger partial charge on any atom is 0.408 e. The first-order chi connectivity index (χ1) is 24.2. The summed E-state index contributed by atoms with van der Waals surface area (Å²) < 4.78 is 45.0. The number of thioether (sulfide) groups is 1. The Morgan fingerprint density at radius 3 is 2.67 bits per heavy atom. The molecule has 0 bridgehead atoms. The summed E-state index contributed by atoms with van der Waals surface area (Å²) in [6, 6.07) is 5.13. The number of fused-ring (bicyclic) bond motifs is 3. The summed E-state index contributed by atoms with van der Waals surface area (Å²) in [5.74, 6) is -0.466. The molecule has 2 aliphatic heterocycles. The SMILES string of the molecule is COc1ccc2c(OC3C[C@H]4C(=O)N[C@]5(C(=O)NS(=O)(=O)C6CC6)C[C@H]5C=CCCCSC[C@H](NC(=O)OC(C)(C)C)C(=O)N4C3)nccc2c1. The molecule has 4 amide bonds. The molecule has 5 atom stereocenters. The van der Waals surface area contributed by atoms with Crippen LogP contribution in [0.5, 0.6) is 11.6 Å². The van der Waals surface area contributed by atoms with Crippen LogP contribution in [0.2, 0.25) is 0 Å². The van der Waals surface area contributed by atoms with Crippen LogP contribution in [0.25, 0.3) is 10.8 Å². The summed E-state index contributed by atoms with van der Waals surface area (Å²) in [7, 11) is -2.31. The van der Waals surface area contributed by atoms with Gasteiger partial charge in [0.05, 0.1) is 18.9 Å². The Bertz CT molecular complexity index is 1830. The molecule has 1 unspecified atom stereocenters. The number of hydrogen-bond acceptors (Lipinski definition) is 11. The lowest BCUT2D eigenvalue weighted by Crippen LogP contribution is -2.58. The van der Waals surface area contributed by atoms with Gasteiger partial charge >= 0.3 is 6.09 Å². The van der Waals surface area contributed by atoms with Crippen molar-refractivity contribution in [2.24, 2.45) is 5.92 Å². The summed E-state index contributed by atoms with van der Waals surface area (Å²) in [5.41, 5.74) is -2.30. The minimum Gasteiger partial charge on any atom is -0.497 e. The minimum absolute atomic E-state index is 0.0130. The molecular formula is C35H45N5O9S2. The Hall–Kier alpha value is -4.05. The van der Waals surface area contributed by atoms with Gasteiger partial charge in [0.15, 0.2) is 0 Å². The number of methoxy groups -OCH3 is 1. The fraction of sp³-hybridized carbons (Fsp3) is 0.571. The van der Waals surface area contributed by atoms with Crippen LogP contribution in [0, 0.1) is 5.92 Å². The van der Waals surface area contributed by atoms with Crippen molar-refractivity contribution in [1.82, 2.24) is 25.2 Å². The van der Waals surface area contributed by atoms with Gasteiger partial charge in [-0.3, -0.25) is 19.1 Å². The van der Waals surface area contributed by atoms with Gasteiger partial charge in [0.25, 0.3) is 5.91 Å². The number of amides is 4. The van der Waals surface area contributed by atoms with Crippen molar-refractivity contribution < 1.29 is 41.8 Å². The van der Waals surface area contributed by atoms with Gasteiger partial charge in [0.2, 0.25) is 27.7 Å². The van der Waals surface area contributed by atoms with Gasteiger partial charge in [-0.25, -0.2) is 18.2 Å². The van der Waals surface area contributed by atoms with Crippen molar-refractivity contribution in [1.29, 1.82) is 0 Å². The number of ether oxygens (including phenoxy) is 3. The van der Waals surface area contributed by atoms with E-state index in [-0.39, 0.29) is 25.1 Å². The highest BCUT2D eigenvalue weighted by Gasteiger charge is 2.62. The molecular weight excluding hydrogens is 699 g/mol. The zero-order chi connectivity index (χ0) is 36.6. The van der Waals surface area contributed by atoms with Gasteiger partial charge in [-0.15, -0.1) is 0 Å². The average molecular weight is 744 g/mol. The van der Waals surface area contributed by atoms with Crippen LogP contribution in [-0.2, 0) is 29.1 Å². The highest BCUT2D eigenvalue weighted by atomic mass is 32.2. The standard InChI is InChI=1S/C35H45N5O9S2/c1-34(2,3)49-33(44)37-27-20-50-15-7-5-6-8-22-18-35(22,32(43)39-51(45,46)25-10-11-25)38-29(41)28-17-24(19-40(28)31(27)42)48-30-26-12-9-23(47-4)16-21(26)13-14-36-30/h6,8-9,12-14,16,22,24-25,27-28H,5,7,10-11,15,17-20H2,1-4H3,(H,37,44)(H,38,41)(H,39,43)/t22-,24?,27+,28+,35-/m1/s1. The van der Waals surface area contributed by atoms with Crippen molar-refractivity contribution in [3.8, 4) is 11.6 Å². The summed E-state index contributed by atoms with van der Waals surface area (Å²) in [5, 5.41) is 6.48. The second-order valence-corrected chi connectivity index (χ2v) is 17.6. The molecule has 0 spiro atoms. The molecule has 2 saturated carbocycles. The predicted octanol–water partition coefficient (Wildman–Crippen LogP) is 3.05. The number of nitrogens with zero attached hydrogens (tertiary/aromatic N) is 2. The quantitative estimate of drug-likeness (QED) is 0.355. The monoisotopic (exact) mass is 743 g/mol. The number of allylic oxidation sites excluding steroid dienone is 1. The van der Waals surface area contributed by atoms with Crippen molar-refractivity contribution >= 4 is 56.4 Å². The number of benzene rings is 1. The summed E-state index contributed by atoms with van der Waals surface area (Å²) in [6.45, 7) is 5.15. The largest absolute Gasteiger partial charge is 0.497 e. The molecule has 4 aliphatic rings. The Morgan fingerprint density at radius 2 is 1.94 bits per heavy atom. The number of carbonyl (C=O) groups excluding carboxylic acids is 4.